The first kappa shape index (κ1) is 28.6. The summed E-state index contributed by atoms with van der Waals surface area (Å²) in [6.07, 6.45) is 0.365. The monoisotopic (exact) mass is 569 g/mol. The third-order valence-electron chi connectivity index (χ3n) is 7.34. The lowest BCUT2D eigenvalue weighted by atomic mass is 9.98. The number of rotatable bonds is 10. The van der Waals surface area contributed by atoms with Gasteiger partial charge in [0.05, 0.1) is 7.11 Å². The standard InChI is InChI=1S/C32H31N3O7/c1-20-17-35(31(38)34-29(20)36)19-42-28(30(37)40-2)16-15-21-9-3-8-14-27(21)33-32(39)41-18-26-24-12-6-4-10-22(24)23-11-5-7-13-25(23)26/h3-14,17,26,28H,15-16,18-19H2,1-2H3,(H,33,39)(H,34,36,38)/t28-/m1/s1. The fourth-order valence-corrected chi connectivity index (χ4v) is 5.18. The van der Waals surface area contributed by atoms with Crippen LogP contribution in [-0.4, -0.2) is 41.4 Å². The predicted octanol–water partition coefficient (Wildman–Crippen LogP) is 4.35. The smallest absolute Gasteiger partial charge is 0.411 e. The Hall–Kier alpha value is -4.96. The van der Waals surface area contributed by atoms with E-state index >= 15 is 0 Å². The van der Waals surface area contributed by atoms with Crippen molar-refractivity contribution in [1.82, 2.24) is 9.55 Å². The maximum atomic E-state index is 12.9. The van der Waals surface area contributed by atoms with Crippen LogP contribution < -0.4 is 16.6 Å². The molecule has 0 unspecified atom stereocenters. The summed E-state index contributed by atoms with van der Waals surface area (Å²) >= 11 is 0. The lowest BCUT2D eigenvalue weighted by Gasteiger charge is -2.18. The number of anilines is 1. The second-order valence-corrected chi connectivity index (χ2v) is 10.00. The van der Waals surface area contributed by atoms with Crippen molar-refractivity contribution in [2.75, 3.05) is 19.0 Å². The third kappa shape index (κ3) is 6.18. The lowest BCUT2D eigenvalue weighted by molar-refractivity contribution is -0.157. The molecule has 42 heavy (non-hydrogen) atoms. The molecule has 0 spiro atoms. The number of para-hydroxylation sites is 1. The highest BCUT2D eigenvalue weighted by atomic mass is 16.6. The number of amides is 1. The molecule has 5 rings (SSSR count). The number of fused-ring (bicyclic) bond motifs is 3. The van der Waals surface area contributed by atoms with E-state index in [9.17, 15) is 19.2 Å². The Balaban J connectivity index is 1.22. The third-order valence-corrected chi connectivity index (χ3v) is 7.34. The molecule has 1 amide bonds. The molecule has 2 N–H and O–H groups in total. The van der Waals surface area contributed by atoms with Gasteiger partial charge in [-0.3, -0.25) is 19.7 Å². The minimum absolute atomic E-state index is 0.0601. The van der Waals surface area contributed by atoms with Crippen LogP contribution in [0.3, 0.4) is 0 Å². The van der Waals surface area contributed by atoms with Gasteiger partial charge in [0.2, 0.25) is 0 Å². The SMILES string of the molecule is COC(=O)[C@@H](CCc1ccccc1NC(=O)OCC1c2ccccc2-c2ccccc21)OCn1cc(C)c(=O)[nH]c1=O. The molecule has 0 radical (unpaired) electrons. The molecule has 1 aliphatic rings. The molecule has 0 fully saturated rings. The molecule has 1 heterocycles. The number of benzene rings is 3. The van der Waals surface area contributed by atoms with Crippen LogP contribution in [0, 0.1) is 6.92 Å². The first-order valence-electron chi connectivity index (χ1n) is 13.6. The van der Waals surface area contributed by atoms with E-state index in [4.69, 9.17) is 14.2 Å². The van der Waals surface area contributed by atoms with Crippen molar-refractivity contribution in [3.63, 3.8) is 0 Å². The van der Waals surface area contributed by atoms with Gasteiger partial charge in [-0.2, -0.15) is 0 Å². The Morgan fingerprint density at radius 2 is 1.60 bits per heavy atom. The molecule has 1 atom stereocenters. The number of ether oxygens (including phenoxy) is 3. The largest absolute Gasteiger partial charge is 0.467 e. The van der Waals surface area contributed by atoms with E-state index in [2.05, 4.69) is 34.6 Å². The first-order valence-corrected chi connectivity index (χ1v) is 13.6. The van der Waals surface area contributed by atoms with Gasteiger partial charge in [0.15, 0.2) is 6.10 Å². The summed E-state index contributed by atoms with van der Waals surface area (Å²) in [7, 11) is 1.25. The van der Waals surface area contributed by atoms with Crippen LogP contribution in [-0.2, 0) is 32.2 Å². The maximum absolute atomic E-state index is 12.9. The summed E-state index contributed by atoms with van der Waals surface area (Å²) in [5, 5.41) is 2.83. The molecule has 10 heteroatoms. The minimum atomic E-state index is -0.989. The van der Waals surface area contributed by atoms with Crippen LogP contribution in [0.4, 0.5) is 10.5 Å². The Morgan fingerprint density at radius 3 is 2.29 bits per heavy atom. The summed E-state index contributed by atoms with van der Waals surface area (Å²) in [6, 6.07) is 23.5. The fraction of sp³-hybridized carbons (Fsp3) is 0.250. The first-order chi connectivity index (χ1) is 20.4. The number of aryl methyl sites for hydroxylation is 2. The van der Waals surface area contributed by atoms with Crippen LogP contribution >= 0.6 is 0 Å². The summed E-state index contributed by atoms with van der Waals surface area (Å²) in [6.45, 7) is 1.49. The van der Waals surface area contributed by atoms with Crippen molar-refractivity contribution >= 4 is 17.7 Å². The number of H-pyrrole nitrogens is 1. The topological polar surface area (TPSA) is 129 Å². The molecule has 216 valence electrons. The van der Waals surface area contributed by atoms with E-state index in [1.165, 1.54) is 17.9 Å². The van der Waals surface area contributed by atoms with Gasteiger partial charge in [0, 0.05) is 23.4 Å². The second-order valence-electron chi connectivity index (χ2n) is 10.00. The predicted molar refractivity (Wildman–Crippen MR) is 156 cm³/mol. The molecule has 0 bridgehead atoms. The summed E-state index contributed by atoms with van der Waals surface area (Å²) in [5.41, 5.74) is 5.06. The van der Waals surface area contributed by atoms with Crippen molar-refractivity contribution in [1.29, 1.82) is 0 Å². The quantitative estimate of drug-likeness (QED) is 0.272. The van der Waals surface area contributed by atoms with Gasteiger partial charge in [0.1, 0.15) is 13.3 Å². The van der Waals surface area contributed by atoms with Crippen molar-refractivity contribution < 1.29 is 23.8 Å². The number of carbonyl (C=O) groups is 2. The van der Waals surface area contributed by atoms with Gasteiger partial charge in [-0.15, -0.1) is 0 Å². The molecular formula is C32H31N3O7. The molecule has 1 aromatic heterocycles. The average molecular weight is 570 g/mol. The Bertz CT molecular complexity index is 1680. The number of methoxy groups -OCH3 is 1. The zero-order valence-corrected chi connectivity index (χ0v) is 23.3. The van der Waals surface area contributed by atoms with Crippen molar-refractivity contribution in [2.24, 2.45) is 0 Å². The van der Waals surface area contributed by atoms with E-state index in [0.29, 0.717) is 17.7 Å². The molecular weight excluding hydrogens is 538 g/mol. The molecule has 1 aliphatic carbocycles. The molecule has 3 aromatic carbocycles. The van der Waals surface area contributed by atoms with Gasteiger partial charge in [-0.25, -0.2) is 14.4 Å². The van der Waals surface area contributed by atoms with E-state index in [-0.39, 0.29) is 25.7 Å². The number of carbonyl (C=O) groups excluding carboxylic acids is 2. The molecule has 10 nitrogen and oxygen atoms in total. The van der Waals surface area contributed by atoms with Crippen molar-refractivity contribution in [3.05, 3.63) is 122 Å². The Kier molecular flexibility index (Phi) is 8.63. The van der Waals surface area contributed by atoms with Gasteiger partial charge >= 0.3 is 17.8 Å². The molecule has 0 aliphatic heterocycles. The summed E-state index contributed by atoms with van der Waals surface area (Å²) in [4.78, 5) is 51.2. The lowest BCUT2D eigenvalue weighted by Crippen LogP contribution is -2.34. The fourth-order valence-electron chi connectivity index (χ4n) is 5.18. The Morgan fingerprint density at radius 1 is 0.952 bits per heavy atom. The normalized spacial score (nSPS) is 12.7. The number of esters is 1. The number of aromatic nitrogens is 2. The average Bonchev–Trinajstić information content (AvgIpc) is 3.32. The van der Waals surface area contributed by atoms with Crippen molar-refractivity contribution in [2.45, 2.75) is 38.5 Å². The zero-order valence-electron chi connectivity index (χ0n) is 23.3. The number of hydrogen-bond acceptors (Lipinski definition) is 7. The Labute approximate surface area is 241 Å². The zero-order chi connectivity index (χ0) is 29.6. The summed E-state index contributed by atoms with van der Waals surface area (Å²) < 4.78 is 17.5. The highest BCUT2D eigenvalue weighted by molar-refractivity contribution is 5.86. The molecule has 0 saturated carbocycles. The summed E-state index contributed by atoms with van der Waals surface area (Å²) in [5.74, 6) is -0.665. The van der Waals surface area contributed by atoms with E-state index in [1.807, 2.05) is 36.4 Å². The van der Waals surface area contributed by atoms with Crippen molar-refractivity contribution in [3.8, 4) is 11.1 Å². The van der Waals surface area contributed by atoms with E-state index in [1.54, 1.807) is 19.1 Å². The van der Waals surface area contributed by atoms with Gasteiger partial charge < -0.3 is 14.2 Å². The highest BCUT2D eigenvalue weighted by Crippen LogP contribution is 2.44. The van der Waals surface area contributed by atoms with Crippen LogP contribution in [0.1, 0.15) is 34.6 Å². The van der Waals surface area contributed by atoms with Crippen LogP contribution in [0.2, 0.25) is 0 Å². The number of nitrogens with zero attached hydrogens (tertiary/aromatic N) is 1. The van der Waals surface area contributed by atoms with Gasteiger partial charge in [0.25, 0.3) is 5.56 Å². The number of aromatic amines is 1. The number of nitrogens with one attached hydrogen (secondary N) is 2. The van der Waals surface area contributed by atoms with Crippen LogP contribution in [0.15, 0.2) is 88.6 Å². The van der Waals surface area contributed by atoms with E-state index in [0.717, 1.165) is 27.8 Å². The van der Waals surface area contributed by atoms with Crippen LogP contribution in [0.25, 0.3) is 11.1 Å². The van der Waals surface area contributed by atoms with Crippen LogP contribution in [0.5, 0.6) is 0 Å². The van der Waals surface area contributed by atoms with Gasteiger partial charge in [-0.05, 0) is 53.6 Å². The second kappa shape index (κ2) is 12.7. The molecule has 4 aromatic rings. The highest BCUT2D eigenvalue weighted by Gasteiger charge is 2.29. The minimum Gasteiger partial charge on any atom is -0.467 e. The molecule has 0 saturated heterocycles. The maximum Gasteiger partial charge on any atom is 0.411 e. The van der Waals surface area contributed by atoms with Gasteiger partial charge in [-0.1, -0.05) is 66.7 Å². The number of hydrogen-bond donors (Lipinski definition) is 2. The van der Waals surface area contributed by atoms with E-state index < -0.39 is 29.4 Å².